The number of nitrogens with zero attached hydrogens (tertiary/aromatic N) is 2. The highest BCUT2D eigenvalue weighted by atomic mass is 32.2. The van der Waals surface area contributed by atoms with Crippen molar-refractivity contribution < 1.29 is 21.6 Å². The van der Waals surface area contributed by atoms with Crippen LogP contribution >= 0.6 is 0 Å². The SMILES string of the molecule is Cc1ccc(N(CC(=O)Nc2ccc(S(=O)(=O)N3CCCCCC3)cc2)S(=O)(=O)c2ccccc2)cc1C. The fourth-order valence-corrected chi connectivity index (χ4v) is 7.34. The van der Waals surface area contributed by atoms with Crippen LogP contribution in [0.5, 0.6) is 0 Å². The zero-order chi connectivity index (χ0) is 27.3. The standard InChI is InChI=1S/C28H33N3O5S2/c1-22-12-15-25(20-23(22)2)31(38(35,36)26-10-6-5-7-11-26)21-28(32)29-24-13-16-27(17-14-24)37(33,34)30-18-8-3-4-9-19-30/h5-7,10-17,20H,3-4,8-9,18-19,21H2,1-2H3,(H,29,32). The third-order valence-electron chi connectivity index (χ3n) is 6.74. The molecule has 0 radical (unpaired) electrons. The van der Waals surface area contributed by atoms with Crippen LogP contribution in [0.15, 0.2) is 82.6 Å². The van der Waals surface area contributed by atoms with Gasteiger partial charge in [-0.3, -0.25) is 9.10 Å². The second-order valence-electron chi connectivity index (χ2n) is 9.48. The number of nitrogens with one attached hydrogen (secondary N) is 1. The molecule has 1 N–H and O–H groups in total. The lowest BCUT2D eigenvalue weighted by Crippen LogP contribution is -2.38. The Morgan fingerprint density at radius 3 is 2.03 bits per heavy atom. The molecule has 0 spiro atoms. The summed E-state index contributed by atoms with van der Waals surface area (Å²) in [7, 11) is -7.64. The second-order valence-corrected chi connectivity index (χ2v) is 13.3. The molecule has 8 nitrogen and oxygen atoms in total. The average molecular weight is 556 g/mol. The summed E-state index contributed by atoms with van der Waals surface area (Å²) in [4.78, 5) is 13.3. The second kappa shape index (κ2) is 11.7. The van der Waals surface area contributed by atoms with E-state index in [0.29, 0.717) is 24.5 Å². The quantitative estimate of drug-likeness (QED) is 0.434. The van der Waals surface area contributed by atoms with Crippen molar-refractivity contribution in [3.8, 4) is 0 Å². The fraction of sp³-hybridized carbons (Fsp3) is 0.321. The summed E-state index contributed by atoms with van der Waals surface area (Å²) >= 11 is 0. The number of aryl methyl sites for hydroxylation is 2. The maximum absolute atomic E-state index is 13.5. The van der Waals surface area contributed by atoms with Gasteiger partial charge in [0.2, 0.25) is 15.9 Å². The number of hydrogen-bond donors (Lipinski definition) is 1. The molecule has 1 aliphatic heterocycles. The molecule has 10 heteroatoms. The highest BCUT2D eigenvalue weighted by Crippen LogP contribution is 2.26. The van der Waals surface area contributed by atoms with E-state index < -0.39 is 32.5 Å². The maximum Gasteiger partial charge on any atom is 0.264 e. The Morgan fingerprint density at radius 2 is 1.42 bits per heavy atom. The molecule has 1 heterocycles. The van der Waals surface area contributed by atoms with Gasteiger partial charge in [0.25, 0.3) is 10.0 Å². The van der Waals surface area contributed by atoms with Crippen LogP contribution in [0.25, 0.3) is 0 Å². The molecule has 3 aromatic carbocycles. The van der Waals surface area contributed by atoms with Gasteiger partial charge in [-0.2, -0.15) is 4.31 Å². The smallest absolute Gasteiger partial charge is 0.264 e. The molecule has 4 rings (SSSR count). The van der Waals surface area contributed by atoms with Crippen LogP contribution < -0.4 is 9.62 Å². The number of hydrogen-bond acceptors (Lipinski definition) is 5. The van der Waals surface area contributed by atoms with Gasteiger partial charge < -0.3 is 5.32 Å². The summed E-state index contributed by atoms with van der Waals surface area (Å²) in [5, 5.41) is 2.71. The minimum Gasteiger partial charge on any atom is -0.325 e. The Balaban J connectivity index is 1.54. The van der Waals surface area contributed by atoms with Crippen LogP contribution in [0, 0.1) is 13.8 Å². The molecule has 1 aliphatic rings. The summed E-state index contributed by atoms with van der Waals surface area (Å²) in [6.07, 6.45) is 3.73. The van der Waals surface area contributed by atoms with E-state index in [4.69, 9.17) is 0 Å². The van der Waals surface area contributed by atoms with E-state index in [1.165, 1.54) is 40.7 Å². The normalized spacial score (nSPS) is 15.0. The Morgan fingerprint density at radius 1 is 0.789 bits per heavy atom. The van der Waals surface area contributed by atoms with Gasteiger partial charge in [0.05, 0.1) is 15.5 Å². The lowest BCUT2D eigenvalue weighted by atomic mass is 10.1. The lowest BCUT2D eigenvalue weighted by molar-refractivity contribution is -0.114. The van der Waals surface area contributed by atoms with Crippen LogP contribution in [-0.4, -0.2) is 46.7 Å². The molecule has 202 valence electrons. The third-order valence-corrected chi connectivity index (χ3v) is 10.4. The first-order chi connectivity index (χ1) is 18.1. The molecule has 0 unspecified atom stereocenters. The molecule has 0 atom stereocenters. The van der Waals surface area contributed by atoms with E-state index >= 15 is 0 Å². The maximum atomic E-state index is 13.5. The molecule has 1 fully saturated rings. The zero-order valence-electron chi connectivity index (χ0n) is 21.6. The van der Waals surface area contributed by atoms with Gasteiger partial charge in [0, 0.05) is 18.8 Å². The molecule has 0 aromatic heterocycles. The van der Waals surface area contributed by atoms with Crippen molar-refractivity contribution in [2.24, 2.45) is 0 Å². The van der Waals surface area contributed by atoms with E-state index in [0.717, 1.165) is 41.1 Å². The number of amides is 1. The number of rotatable bonds is 8. The molecule has 0 aliphatic carbocycles. The number of carbonyl (C=O) groups excluding carboxylic acids is 1. The molecule has 0 bridgehead atoms. The summed E-state index contributed by atoms with van der Waals surface area (Å²) < 4.78 is 55.7. The van der Waals surface area contributed by atoms with Crippen molar-refractivity contribution in [1.29, 1.82) is 0 Å². The van der Waals surface area contributed by atoms with Gasteiger partial charge in [-0.05, 0) is 86.3 Å². The molecule has 38 heavy (non-hydrogen) atoms. The number of benzene rings is 3. The molecular formula is C28H33N3O5S2. The monoisotopic (exact) mass is 555 g/mol. The summed E-state index contributed by atoms with van der Waals surface area (Å²) in [6, 6.07) is 19.2. The topological polar surface area (TPSA) is 104 Å². The molecule has 1 saturated heterocycles. The van der Waals surface area contributed by atoms with Gasteiger partial charge in [-0.15, -0.1) is 0 Å². The van der Waals surface area contributed by atoms with Crippen LogP contribution in [0.4, 0.5) is 11.4 Å². The van der Waals surface area contributed by atoms with E-state index in [-0.39, 0.29) is 9.79 Å². The van der Waals surface area contributed by atoms with E-state index in [1.54, 1.807) is 30.3 Å². The fourth-order valence-electron chi connectivity index (χ4n) is 4.39. The van der Waals surface area contributed by atoms with Crippen LogP contribution in [-0.2, 0) is 24.8 Å². The molecule has 3 aromatic rings. The lowest BCUT2D eigenvalue weighted by Gasteiger charge is -2.25. The first-order valence-electron chi connectivity index (χ1n) is 12.6. The average Bonchev–Trinajstić information content (AvgIpc) is 3.20. The minimum atomic E-state index is -4.02. The van der Waals surface area contributed by atoms with E-state index in [9.17, 15) is 21.6 Å². The third kappa shape index (κ3) is 6.25. The van der Waals surface area contributed by atoms with Crippen LogP contribution in [0.2, 0.25) is 0 Å². The predicted octanol–water partition coefficient (Wildman–Crippen LogP) is 4.70. The Bertz CT molecular complexity index is 1480. The van der Waals surface area contributed by atoms with Gasteiger partial charge >= 0.3 is 0 Å². The van der Waals surface area contributed by atoms with Crippen LogP contribution in [0.3, 0.4) is 0 Å². The number of carbonyl (C=O) groups is 1. The van der Waals surface area contributed by atoms with Crippen molar-refractivity contribution in [2.75, 3.05) is 29.3 Å². The van der Waals surface area contributed by atoms with Crippen molar-refractivity contribution >= 4 is 37.3 Å². The van der Waals surface area contributed by atoms with E-state index in [2.05, 4.69) is 5.32 Å². The molecule has 1 amide bonds. The highest BCUT2D eigenvalue weighted by molar-refractivity contribution is 7.92. The van der Waals surface area contributed by atoms with Crippen LogP contribution in [0.1, 0.15) is 36.8 Å². The summed E-state index contributed by atoms with van der Waals surface area (Å²) in [5.41, 5.74) is 2.66. The predicted molar refractivity (Wildman–Crippen MR) is 149 cm³/mol. The first kappa shape index (κ1) is 27.8. The van der Waals surface area contributed by atoms with Gasteiger partial charge in [0.1, 0.15) is 6.54 Å². The number of anilines is 2. The minimum absolute atomic E-state index is 0.0779. The van der Waals surface area contributed by atoms with E-state index in [1.807, 2.05) is 19.9 Å². The molecular weight excluding hydrogens is 522 g/mol. The van der Waals surface area contributed by atoms with Crippen molar-refractivity contribution in [1.82, 2.24) is 4.31 Å². The Kier molecular flexibility index (Phi) is 8.54. The summed E-state index contributed by atoms with van der Waals surface area (Å²) in [6.45, 7) is 4.37. The Hall–Kier alpha value is -3.21. The largest absolute Gasteiger partial charge is 0.325 e. The first-order valence-corrected chi connectivity index (χ1v) is 15.5. The van der Waals surface area contributed by atoms with Crippen molar-refractivity contribution in [3.05, 3.63) is 83.9 Å². The highest BCUT2D eigenvalue weighted by Gasteiger charge is 2.28. The zero-order valence-corrected chi connectivity index (χ0v) is 23.3. The van der Waals surface area contributed by atoms with Crippen molar-refractivity contribution in [2.45, 2.75) is 49.3 Å². The number of sulfonamides is 2. The Labute approximate surface area is 225 Å². The molecule has 0 saturated carbocycles. The van der Waals surface area contributed by atoms with Gasteiger partial charge in [-0.25, -0.2) is 16.8 Å². The summed E-state index contributed by atoms with van der Waals surface area (Å²) in [5.74, 6) is -0.550. The van der Waals surface area contributed by atoms with Gasteiger partial charge in [-0.1, -0.05) is 37.1 Å². The van der Waals surface area contributed by atoms with Crippen molar-refractivity contribution in [3.63, 3.8) is 0 Å². The van der Waals surface area contributed by atoms with Gasteiger partial charge in [0.15, 0.2) is 0 Å².